The number of halogens is 1. The van der Waals surface area contributed by atoms with Gasteiger partial charge in [0.2, 0.25) is 5.91 Å². The van der Waals surface area contributed by atoms with Crippen molar-refractivity contribution in [1.82, 2.24) is 10.2 Å². The molecule has 1 aliphatic rings. The minimum Gasteiger partial charge on any atom is -0.326 e. The van der Waals surface area contributed by atoms with Crippen molar-refractivity contribution in [3.8, 4) is 0 Å². The van der Waals surface area contributed by atoms with Crippen molar-refractivity contribution < 1.29 is 4.79 Å². The van der Waals surface area contributed by atoms with E-state index in [1.165, 1.54) is 38.4 Å². The quantitative estimate of drug-likeness (QED) is 0.878. The maximum Gasteiger partial charge on any atom is 0.221 e. The van der Waals surface area contributed by atoms with Gasteiger partial charge in [-0.15, -0.1) is 12.4 Å². The normalized spacial score (nSPS) is 18.9. The molecule has 118 valence electrons. The van der Waals surface area contributed by atoms with Crippen molar-refractivity contribution >= 4 is 24.0 Å². The van der Waals surface area contributed by atoms with Crippen LogP contribution >= 0.6 is 12.4 Å². The molecule has 0 aliphatic carbocycles. The van der Waals surface area contributed by atoms with Crippen LogP contribution in [0.15, 0.2) is 24.3 Å². The van der Waals surface area contributed by atoms with E-state index in [1.807, 2.05) is 19.2 Å². The molecule has 5 heteroatoms. The van der Waals surface area contributed by atoms with Gasteiger partial charge in [-0.05, 0) is 56.6 Å². The predicted molar refractivity (Wildman–Crippen MR) is 89.9 cm³/mol. The monoisotopic (exact) mass is 311 g/mol. The van der Waals surface area contributed by atoms with Crippen LogP contribution < -0.4 is 10.6 Å². The van der Waals surface area contributed by atoms with Crippen LogP contribution in [0.1, 0.15) is 25.3 Å². The maximum atomic E-state index is 11.0. The molecule has 1 unspecified atom stereocenters. The van der Waals surface area contributed by atoms with Gasteiger partial charge in [0.15, 0.2) is 0 Å². The molecule has 4 nitrogen and oxygen atoms in total. The smallest absolute Gasteiger partial charge is 0.221 e. The highest BCUT2D eigenvalue weighted by Gasteiger charge is 2.19. The molecule has 1 atom stereocenters. The first-order chi connectivity index (χ1) is 9.67. The van der Waals surface area contributed by atoms with Gasteiger partial charge in [-0.2, -0.15) is 0 Å². The molecular weight excluding hydrogens is 286 g/mol. The van der Waals surface area contributed by atoms with Crippen molar-refractivity contribution in [2.45, 2.75) is 26.3 Å². The van der Waals surface area contributed by atoms with Crippen molar-refractivity contribution in [2.75, 3.05) is 32.0 Å². The lowest BCUT2D eigenvalue weighted by molar-refractivity contribution is -0.114. The van der Waals surface area contributed by atoms with Crippen molar-refractivity contribution in [3.63, 3.8) is 0 Å². The second kappa shape index (κ2) is 9.03. The van der Waals surface area contributed by atoms with E-state index in [0.717, 1.165) is 24.7 Å². The number of carbonyl (C=O) groups excluding carboxylic acids is 1. The molecule has 1 aliphatic heterocycles. The Morgan fingerprint density at radius 3 is 2.67 bits per heavy atom. The number of rotatable bonds is 5. The number of likely N-dealkylation sites (tertiary alicyclic amines) is 1. The zero-order chi connectivity index (χ0) is 14.4. The minimum atomic E-state index is -0.0244. The van der Waals surface area contributed by atoms with E-state index in [1.54, 1.807) is 0 Å². The van der Waals surface area contributed by atoms with Crippen LogP contribution in [0.3, 0.4) is 0 Å². The van der Waals surface area contributed by atoms with Crippen LogP contribution in [0.5, 0.6) is 0 Å². The topological polar surface area (TPSA) is 44.4 Å². The SMILES string of the molecule is CNCC1CCCN(Cc2ccc(NC(C)=O)cc2)C1.Cl. The number of nitrogens with zero attached hydrogens (tertiary/aromatic N) is 1. The number of hydrogen-bond donors (Lipinski definition) is 2. The molecule has 1 aromatic rings. The van der Waals surface area contributed by atoms with E-state index >= 15 is 0 Å². The summed E-state index contributed by atoms with van der Waals surface area (Å²) in [6, 6.07) is 8.16. The van der Waals surface area contributed by atoms with E-state index in [0.29, 0.717) is 0 Å². The summed E-state index contributed by atoms with van der Waals surface area (Å²) in [5.74, 6) is 0.746. The maximum absolute atomic E-state index is 11.0. The number of amides is 1. The molecule has 1 aromatic carbocycles. The van der Waals surface area contributed by atoms with Gasteiger partial charge in [-0.1, -0.05) is 12.1 Å². The van der Waals surface area contributed by atoms with Gasteiger partial charge in [0.05, 0.1) is 0 Å². The van der Waals surface area contributed by atoms with Crippen LogP contribution in [0.4, 0.5) is 5.69 Å². The highest BCUT2D eigenvalue weighted by atomic mass is 35.5. The second-order valence-electron chi connectivity index (χ2n) is 5.68. The molecule has 1 heterocycles. The molecule has 0 saturated carbocycles. The van der Waals surface area contributed by atoms with Crippen LogP contribution in [0, 0.1) is 5.92 Å². The fourth-order valence-electron chi connectivity index (χ4n) is 2.91. The second-order valence-corrected chi connectivity index (χ2v) is 5.68. The van der Waals surface area contributed by atoms with E-state index in [-0.39, 0.29) is 18.3 Å². The standard InChI is InChI=1S/C16H25N3O.ClH/c1-13(20)18-16-7-5-14(6-8-16)11-19-9-3-4-15(12-19)10-17-2;/h5-8,15,17H,3-4,9-12H2,1-2H3,(H,18,20);1H. The number of benzene rings is 1. The summed E-state index contributed by atoms with van der Waals surface area (Å²) in [4.78, 5) is 13.5. The number of hydrogen-bond acceptors (Lipinski definition) is 3. The molecule has 1 saturated heterocycles. The summed E-state index contributed by atoms with van der Waals surface area (Å²) in [5.41, 5.74) is 2.18. The van der Waals surface area contributed by atoms with Crippen molar-refractivity contribution in [1.29, 1.82) is 0 Å². The minimum absolute atomic E-state index is 0. The molecule has 0 radical (unpaired) electrons. The van der Waals surface area contributed by atoms with E-state index in [9.17, 15) is 4.79 Å². The van der Waals surface area contributed by atoms with Gasteiger partial charge in [0.1, 0.15) is 0 Å². The van der Waals surface area contributed by atoms with E-state index in [2.05, 4.69) is 27.7 Å². The van der Waals surface area contributed by atoms with Gasteiger partial charge < -0.3 is 10.6 Å². The first kappa shape index (κ1) is 18.0. The summed E-state index contributed by atoms with van der Waals surface area (Å²) < 4.78 is 0. The van der Waals surface area contributed by atoms with Gasteiger partial charge in [0.25, 0.3) is 0 Å². The summed E-state index contributed by atoms with van der Waals surface area (Å²) in [5, 5.41) is 6.08. The van der Waals surface area contributed by atoms with Crippen LogP contribution in [-0.4, -0.2) is 37.5 Å². The lowest BCUT2D eigenvalue weighted by Crippen LogP contribution is -2.38. The molecule has 2 N–H and O–H groups in total. The van der Waals surface area contributed by atoms with Crippen molar-refractivity contribution in [2.24, 2.45) is 5.92 Å². The third-order valence-corrected chi connectivity index (χ3v) is 3.78. The Balaban J connectivity index is 0.00000220. The van der Waals surface area contributed by atoms with Gasteiger partial charge in [0, 0.05) is 25.7 Å². The Morgan fingerprint density at radius 1 is 1.33 bits per heavy atom. The molecular formula is C16H26ClN3O. The average molecular weight is 312 g/mol. The first-order valence-electron chi connectivity index (χ1n) is 7.41. The molecule has 0 spiro atoms. The van der Waals surface area contributed by atoms with E-state index in [4.69, 9.17) is 0 Å². The Hall–Kier alpha value is -1.10. The first-order valence-corrected chi connectivity index (χ1v) is 7.41. The largest absolute Gasteiger partial charge is 0.326 e. The van der Waals surface area contributed by atoms with Gasteiger partial charge >= 0.3 is 0 Å². The molecule has 2 rings (SSSR count). The fourth-order valence-corrected chi connectivity index (χ4v) is 2.91. The zero-order valence-electron chi connectivity index (χ0n) is 12.9. The lowest BCUT2D eigenvalue weighted by Gasteiger charge is -2.32. The summed E-state index contributed by atoms with van der Waals surface area (Å²) in [6.07, 6.45) is 2.62. The molecule has 21 heavy (non-hydrogen) atoms. The van der Waals surface area contributed by atoms with Crippen molar-refractivity contribution in [3.05, 3.63) is 29.8 Å². The molecule has 0 bridgehead atoms. The Labute approximate surface area is 133 Å². The Kier molecular flexibility index (Phi) is 7.72. The number of piperidine rings is 1. The Bertz CT molecular complexity index is 434. The lowest BCUT2D eigenvalue weighted by atomic mass is 9.97. The summed E-state index contributed by atoms with van der Waals surface area (Å²) >= 11 is 0. The molecule has 1 amide bonds. The number of nitrogens with one attached hydrogen (secondary N) is 2. The van der Waals surface area contributed by atoms with E-state index < -0.39 is 0 Å². The predicted octanol–water partition coefficient (Wildman–Crippen LogP) is 2.50. The van der Waals surface area contributed by atoms with Gasteiger partial charge in [-0.25, -0.2) is 0 Å². The highest BCUT2D eigenvalue weighted by Crippen LogP contribution is 2.19. The third-order valence-electron chi connectivity index (χ3n) is 3.78. The molecule has 0 aromatic heterocycles. The Morgan fingerprint density at radius 2 is 2.05 bits per heavy atom. The number of carbonyl (C=O) groups is 1. The van der Waals surface area contributed by atoms with Crippen LogP contribution in [0.25, 0.3) is 0 Å². The number of anilines is 1. The van der Waals surface area contributed by atoms with Gasteiger partial charge in [-0.3, -0.25) is 9.69 Å². The summed E-state index contributed by atoms with van der Waals surface area (Å²) in [6.45, 7) is 6.00. The molecule has 1 fully saturated rings. The fraction of sp³-hybridized carbons (Fsp3) is 0.562. The van der Waals surface area contributed by atoms with Crippen LogP contribution in [-0.2, 0) is 11.3 Å². The van der Waals surface area contributed by atoms with Crippen LogP contribution in [0.2, 0.25) is 0 Å². The third kappa shape index (κ3) is 6.04. The zero-order valence-corrected chi connectivity index (χ0v) is 13.7. The summed E-state index contributed by atoms with van der Waals surface area (Å²) in [7, 11) is 2.03. The average Bonchev–Trinajstić information content (AvgIpc) is 2.41. The highest BCUT2D eigenvalue weighted by molar-refractivity contribution is 5.88.